The molecule has 0 spiro atoms. The van der Waals surface area contributed by atoms with Crippen molar-refractivity contribution in [2.75, 3.05) is 12.4 Å². The first-order chi connectivity index (χ1) is 9.92. The highest BCUT2D eigenvalue weighted by Gasteiger charge is 2.18. The van der Waals surface area contributed by atoms with Gasteiger partial charge in [0, 0.05) is 18.1 Å². The van der Waals surface area contributed by atoms with Crippen molar-refractivity contribution in [1.82, 2.24) is 14.8 Å². The van der Waals surface area contributed by atoms with Crippen LogP contribution < -0.4 is 5.32 Å². The highest BCUT2D eigenvalue weighted by atomic mass is 32.1. The minimum Gasteiger partial charge on any atom is -0.469 e. The van der Waals surface area contributed by atoms with Crippen LogP contribution in [0.4, 0.5) is 5.13 Å². The lowest BCUT2D eigenvalue weighted by molar-refractivity contribution is -0.139. The van der Waals surface area contributed by atoms with Crippen LogP contribution in [-0.2, 0) is 23.0 Å². The van der Waals surface area contributed by atoms with Gasteiger partial charge in [-0.3, -0.25) is 19.6 Å². The highest BCUT2D eigenvalue weighted by molar-refractivity contribution is 7.14. The van der Waals surface area contributed by atoms with Crippen LogP contribution in [-0.4, -0.2) is 33.8 Å². The maximum Gasteiger partial charge on any atom is 0.311 e. The van der Waals surface area contributed by atoms with Gasteiger partial charge in [0.1, 0.15) is 0 Å². The van der Waals surface area contributed by atoms with Crippen molar-refractivity contribution in [1.29, 1.82) is 0 Å². The van der Waals surface area contributed by atoms with E-state index in [1.165, 1.54) is 18.4 Å². The lowest BCUT2D eigenvalue weighted by Crippen LogP contribution is -2.14. The molecule has 1 N–H and O–H groups in total. The lowest BCUT2D eigenvalue weighted by Gasteiger charge is -2.02. The molecular formula is C13H16N4O3S. The summed E-state index contributed by atoms with van der Waals surface area (Å²) in [4.78, 5) is 27.6. The van der Waals surface area contributed by atoms with E-state index >= 15 is 0 Å². The number of carbonyl (C=O) groups excluding carboxylic acids is 2. The van der Waals surface area contributed by atoms with Crippen molar-refractivity contribution < 1.29 is 14.3 Å². The van der Waals surface area contributed by atoms with Gasteiger partial charge < -0.3 is 4.74 Å². The first-order valence-electron chi connectivity index (χ1n) is 6.25. The Hall–Kier alpha value is -2.22. The van der Waals surface area contributed by atoms with Gasteiger partial charge in [-0.1, -0.05) is 0 Å². The number of hydrogen-bond donors (Lipinski definition) is 1. The molecule has 112 valence electrons. The van der Waals surface area contributed by atoms with E-state index in [1.54, 1.807) is 24.0 Å². The van der Waals surface area contributed by atoms with Gasteiger partial charge in [-0.15, -0.1) is 11.3 Å². The molecule has 0 aliphatic rings. The number of aromatic nitrogens is 3. The van der Waals surface area contributed by atoms with Crippen molar-refractivity contribution in [3.05, 3.63) is 28.0 Å². The van der Waals surface area contributed by atoms with Crippen molar-refractivity contribution >= 4 is 28.3 Å². The first kappa shape index (κ1) is 15.2. The van der Waals surface area contributed by atoms with Crippen LogP contribution in [0, 0.1) is 13.8 Å². The zero-order valence-electron chi connectivity index (χ0n) is 12.3. The van der Waals surface area contributed by atoms with Gasteiger partial charge in [-0.25, -0.2) is 4.98 Å². The van der Waals surface area contributed by atoms with E-state index in [-0.39, 0.29) is 18.3 Å². The number of hydrogen-bond acceptors (Lipinski definition) is 6. The van der Waals surface area contributed by atoms with Crippen LogP contribution >= 0.6 is 11.3 Å². The summed E-state index contributed by atoms with van der Waals surface area (Å²) < 4.78 is 6.24. The summed E-state index contributed by atoms with van der Waals surface area (Å²) in [7, 11) is 3.11. The first-order valence-corrected chi connectivity index (χ1v) is 7.13. The zero-order chi connectivity index (χ0) is 15.6. The fourth-order valence-corrected chi connectivity index (χ4v) is 2.63. The highest BCUT2D eigenvalue weighted by Crippen LogP contribution is 2.19. The average molecular weight is 308 g/mol. The van der Waals surface area contributed by atoms with E-state index in [0.717, 1.165) is 5.69 Å². The molecule has 2 aromatic rings. The van der Waals surface area contributed by atoms with Crippen LogP contribution in [0.15, 0.2) is 5.38 Å². The number of carbonyl (C=O) groups is 2. The topological polar surface area (TPSA) is 86.1 Å². The molecule has 0 saturated heterocycles. The van der Waals surface area contributed by atoms with Crippen LogP contribution in [0.25, 0.3) is 0 Å². The summed E-state index contributed by atoms with van der Waals surface area (Å²) in [5.41, 5.74) is 2.57. The van der Waals surface area contributed by atoms with Gasteiger partial charge in [0.05, 0.1) is 30.5 Å². The van der Waals surface area contributed by atoms with Crippen LogP contribution in [0.5, 0.6) is 0 Å². The number of nitrogens with zero attached hydrogens (tertiary/aromatic N) is 3. The summed E-state index contributed by atoms with van der Waals surface area (Å²) in [5, 5.41) is 9.10. The molecule has 21 heavy (non-hydrogen) atoms. The number of anilines is 1. The predicted molar refractivity (Wildman–Crippen MR) is 78.5 cm³/mol. The number of nitrogens with one attached hydrogen (secondary N) is 1. The van der Waals surface area contributed by atoms with Gasteiger partial charge in [0.15, 0.2) is 5.13 Å². The Labute approximate surface area is 125 Å². The largest absolute Gasteiger partial charge is 0.469 e. The Bertz CT molecular complexity index is 690. The molecule has 0 unspecified atom stereocenters. The number of esters is 1. The van der Waals surface area contributed by atoms with Crippen molar-refractivity contribution in [2.45, 2.75) is 20.3 Å². The molecule has 0 aliphatic carbocycles. The van der Waals surface area contributed by atoms with E-state index in [1.807, 2.05) is 6.92 Å². The molecule has 0 aliphatic heterocycles. The second-order valence-corrected chi connectivity index (χ2v) is 5.38. The monoisotopic (exact) mass is 308 g/mol. The Morgan fingerprint density at radius 3 is 2.71 bits per heavy atom. The lowest BCUT2D eigenvalue weighted by atomic mass is 10.2. The number of ether oxygens (including phenoxy) is 1. The SMILES string of the molecule is COC(=O)Cc1csc(NC(=O)c2c(C)nn(C)c2C)n1. The molecular weight excluding hydrogens is 292 g/mol. The Morgan fingerprint density at radius 2 is 2.14 bits per heavy atom. The fourth-order valence-electron chi connectivity index (χ4n) is 1.93. The van der Waals surface area contributed by atoms with Crippen LogP contribution in [0.2, 0.25) is 0 Å². The summed E-state index contributed by atoms with van der Waals surface area (Å²) in [6.07, 6.45) is 0.0911. The van der Waals surface area contributed by atoms with Gasteiger partial charge in [-0.05, 0) is 13.8 Å². The maximum atomic E-state index is 12.3. The molecule has 0 radical (unpaired) electrons. The molecule has 0 saturated carbocycles. The predicted octanol–water partition coefficient (Wildman–Crippen LogP) is 1.46. The van der Waals surface area contributed by atoms with Gasteiger partial charge >= 0.3 is 5.97 Å². The van der Waals surface area contributed by atoms with E-state index < -0.39 is 0 Å². The third-order valence-corrected chi connectivity index (χ3v) is 3.87. The average Bonchev–Trinajstić information content (AvgIpc) is 2.95. The Balaban J connectivity index is 2.11. The van der Waals surface area contributed by atoms with E-state index in [2.05, 4.69) is 20.1 Å². The molecule has 7 nitrogen and oxygen atoms in total. The second kappa shape index (κ2) is 6.04. The maximum absolute atomic E-state index is 12.3. The number of amides is 1. The summed E-state index contributed by atoms with van der Waals surface area (Å²) in [6, 6.07) is 0. The van der Waals surface area contributed by atoms with Crippen molar-refractivity contribution in [3.63, 3.8) is 0 Å². The standard InChI is InChI=1S/C13H16N4O3S/c1-7-11(8(2)17(3)16-7)12(19)15-13-14-9(6-21-13)5-10(18)20-4/h6H,5H2,1-4H3,(H,14,15,19). The summed E-state index contributed by atoms with van der Waals surface area (Å²) in [6.45, 7) is 3.62. The molecule has 1 amide bonds. The van der Waals surface area contributed by atoms with Gasteiger partial charge in [0.25, 0.3) is 5.91 Å². The Kier molecular flexibility index (Phi) is 4.37. The molecule has 0 bridgehead atoms. The van der Waals surface area contributed by atoms with E-state index in [9.17, 15) is 9.59 Å². The number of aryl methyl sites for hydroxylation is 2. The normalized spacial score (nSPS) is 10.5. The quantitative estimate of drug-likeness (QED) is 0.864. The van der Waals surface area contributed by atoms with Gasteiger partial charge in [-0.2, -0.15) is 5.10 Å². The summed E-state index contributed by atoms with van der Waals surface area (Å²) >= 11 is 1.27. The van der Waals surface area contributed by atoms with Crippen LogP contribution in [0.3, 0.4) is 0 Å². The fraction of sp³-hybridized carbons (Fsp3) is 0.385. The van der Waals surface area contributed by atoms with E-state index in [4.69, 9.17) is 0 Å². The number of rotatable bonds is 4. The molecule has 2 aromatic heterocycles. The molecule has 8 heteroatoms. The molecule has 0 fully saturated rings. The molecule has 0 atom stereocenters. The van der Waals surface area contributed by atoms with E-state index in [0.29, 0.717) is 22.1 Å². The third-order valence-electron chi connectivity index (χ3n) is 3.06. The minimum absolute atomic E-state index is 0.0911. The molecule has 0 aromatic carbocycles. The number of methoxy groups -OCH3 is 1. The zero-order valence-corrected chi connectivity index (χ0v) is 13.1. The van der Waals surface area contributed by atoms with Gasteiger partial charge in [0.2, 0.25) is 0 Å². The van der Waals surface area contributed by atoms with Crippen molar-refractivity contribution in [3.8, 4) is 0 Å². The van der Waals surface area contributed by atoms with Crippen LogP contribution in [0.1, 0.15) is 27.4 Å². The Morgan fingerprint density at radius 1 is 1.43 bits per heavy atom. The number of thiazole rings is 1. The second-order valence-electron chi connectivity index (χ2n) is 4.52. The third kappa shape index (κ3) is 3.27. The molecule has 2 heterocycles. The summed E-state index contributed by atoms with van der Waals surface area (Å²) in [5.74, 6) is -0.616. The molecule has 2 rings (SSSR count). The van der Waals surface area contributed by atoms with Crippen molar-refractivity contribution in [2.24, 2.45) is 7.05 Å². The smallest absolute Gasteiger partial charge is 0.311 e. The minimum atomic E-state index is -0.364.